The van der Waals surface area contributed by atoms with Crippen molar-refractivity contribution in [1.29, 1.82) is 0 Å². The maximum Gasteiger partial charge on any atom is 0.265 e. The second-order valence-electron chi connectivity index (χ2n) is 5.41. The van der Waals surface area contributed by atoms with Crippen molar-refractivity contribution in [3.05, 3.63) is 4.88 Å². The average Bonchev–Trinajstić information content (AvgIpc) is 2.74. The number of rotatable bonds is 7. The molecule has 1 aromatic heterocycles. The first-order valence-electron chi connectivity index (χ1n) is 6.87. The summed E-state index contributed by atoms with van der Waals surface area (Å²) < 4.78 is 0. The molecule has 8 heteroatoms. The maximum absolute atomic E-state index is 12.0. The van der Waals surface area contributed by atoms with Crippen molar-refractivity contribution in [2.75, 3.05) is 24.1 Å². The Hall–Kier alpha value is -1.83. The minimum atomic E-state index is -0.387. The SMILES string of the molecule is CC(C)CNc1nc(N)c(C(=O)NCC(=O)NC(C)C)s1. The van der Waals surface area contributed by atoms with Gasteiger partial charge in [-0.1, -0.05) is 25.2 Å². The monoisotopic (exact) mass is 313 g/mol. The van der Waals surface area contributed by atoms with Gasteiger partial charge in [-0.3, -0.25) is 9.59 Å². The van der Waals surface area contributed by atoms with Gasteiger partial charge in [-0.15, -0.1) is 0 Å². The van der Waals surface area contributed by atoms with Crippen LogP contribution in [0, 0.1) is 5.92 Å². The third-order valence-corrected chi connectivity index (χ3v) is 3.41. The lowest BCUT2D eigenvalue weighted by Crippen LogP contribution is -2.39. The molecule has 21 heavy (non-hydrogen) atoms. The van der Waals surface area contributed by atoms with E-state index in [0.29, 0.717) is 15.9 Å². The van der Waals surface area contributed by atoms with Gasteiger partial charge >= 0.3 is 0 Å². The van der Waals surface area contributed by atoms with E-state index >= 15 is 0 Å². The van der Waals surface area contributed by atoms with Crippen LogP contribution in [-0.4, -0.2) is 35.9 Å². The fraction of sp³-hybridized carbons (Fsp3) is 0.615. The van der Waals surface area contributed by atoms with Crippen LogP contribution in [0.2, 0.25) is 0 Å². The van der Waals surface area contributed by atoms with Gasteiger partial charge in [0.15, 0.2) is 5.13 Å². The maximum atomic E-state index is 12.0. The number of nitrogens with two attached hydrogens (primary N) is 1. The molecule has 0 atom stereocenters. The summed E-state index contributed by atoms with van der Waals surface area (Å²) >= 11 is 1.18. The first-order valence-corrected chi connectivity index (χ1v) is 7.69. The van der Waals surface area contributed by atoms with Gasteiger partial charge in [-0.25, -0.2) is 4.98 Å². The van der Waals surface area contributed by atoms with E-state index in [2.05, 4.69) is 34.8 Å². The molecule has 1 aromatic rings. The fourth-order valence-corrected chi connectivity index (χ4v) is 2.28. The van der Waals surface area contributed by atoms with Crippen molar-refractivity contribution in [1.82, 2.24) is 15.6 Å². The summed E-state index contributed by atoms with van der Waals surface area (Å²) in [5.41, 5.74) is 5.73. The Kier molecular flexibility index (Phi) is 6.41. The molecule has 0 bridgehead atoms. The summed E-state index contributed by atoms with van der Waals surface area (Å²) in [5, 5.41) is 8.96. The Morgan fingerprint density at radius 2 is 1.95 bits per heavy atom. The molecule has 0 aliphatic carbocycles. The number of amides is 2. The highest BCUT2D eigenvalue weighted by atomic mass is 32.1. The minimum absolute atomic E-state index is 0.0368. The Morgan fingerprint density at radius 1 is 1.29 bits per heavy atom. The van der Waals surface area contributed by atoms with Crippen LogP contribution in [-0.2, 0) is 4.79 Å². The van der Waals surface area contributed by atoms with Gasteiger partial charge in [-0.05, 0) is 19.8 Å². The number of nitrogens with one attached hydrogen (secondary N) is 3. The van der Waals surface area contributed by atoms with E-state index in [1.54, 1.807) is 0 Å². The number of nitrogen functional groups attached to an aromatic ring is 1. The van der Waals surface area contributed by atoms with E-state index in [1.807, 2.05) is 13.8 Å². The Bertz CT molecular complexity index is 499. The Balaban J connectivity index is 2.56. The van der Waals surface area contributed by atoms with E-state index in [9.17, 15) is 9.59 Å². The number of aromatic nitrogens is 1. The smallest absolute Gasteiger partial charge is 0.265 e. The molecule has 0 aliphatic heterocycles. The quantitative estimate of drug-likeness (QED) is 0.601. The second-order valence-corrected chi connectivity index (χ2v) is 6.41. The largest absolute Gasteiger partial charge is 0.382 e. The zero-order valence-corrected chi connectivity index (χ0v) is 13.6. The summed E-state index contributed by atoms with van der Waals surface area (Å²) in [4.78, 5) is 27.9. The van der Waals surface area contributed by atoms with Crippen LogP contribution < -0.4 is 21.7 Å². The van der Waals surface area contributed by atoms with Crippen LogP contribution in [0.25, 0.3) is 0 Å². The summed E-state index contributed by atoms with van der Waals surface area (Å²) in [6.45, 7) is 8.53. The molecule has 0 spiro atoms. The molecule has 0 saturated heterocycles. The molecule has 118 valence electrons. The van der Waals surface area contributed by atoms with Gasteiger partial charge in [-0.2, -0.15) is 0 Å². The van der Waals surface area contributed by atoms with Gasteiger partial charge in [0.1, 0.15) is 10.7 Å². The summed E-state index contributed by atoms with van der Waals surface area (Å²) in [5.74, 6) is 0.0150. The van der Waals surface area contributed by atoms with E-state index in [1.165, 1.54) is 11.3 Å². The summed E-state index contributed by atoms with van der Waals surface area (Å²) in [7, 11) is 0. The second kappa shape index (κ2) is 7.82. The predicted octanol–water partition coefficient (Wildman–Crippen LogP) is 1.05. The average molecular weight is 313 g/mol. The zero-order valence-electron chi connectivity index (χ0n) is 12.8. The lowest BCUT2D eigenvalue weighted by atomic mass is 10.2. The third-order valence-electron chi connectivity index (χ3n) is 2.38. The van der Waals surface area contributed by atoms with Gasteiger partial charge in [0, 0.05) is 12.6 Å². The number of carbonyl (C=O) groups excluding carboxylic acids is 2. The Labute approximate surface area is 128 Å². The van der Waals surface area contributed by atoms with Crippen LogP contribution in [0.5, 0.6) is 0 Å². The first-order chi connectivity index (χ1) is 9.79. The van der Waals surface area contributed by atoms with Crippen molar-refractivity contribution in [2.45, 2.75) is 33.7 Å². The number of nitrogens with zero attached hydrogens (tertiary/aromatic N) is 1. The van der Waals surface area contributed by atoms with Crippen LogP contribution in [0.4, 0.5) is 10.9 Å². The van der Waals surface area contributed by atoms with Crippen molar-refractivity contribution < 1.29 is 9.59 Å². The van der Waals surface area contributed by atoms with E-state index < -0.39 is 0 Å². The van der Waals surface area contributed by atoms with Crippen molar-refractivity contribution in [3.63, 3.8) is 0 Å². The topological polar surface area (TPSA) is 109 Å². The molecule has 0 radical (unpaired) electrons. The normalized spacial score (nSPS) is 10.8. The van der Waals surface area contributed by atoms with Gasteiger partial charge in [0.05, 0.1) is 6.54 Å². The molecule has 0 aromatic carbocycles. The van der Waals surface area contributed by atoms with Gasteiger partial charge in [0.25, 0.3) is 5.91 Å². The lowest BCUT2D eigenvalue weighted by Gasteiger charge is -2.08. The number of hydrogen-bond acceptors (Lipinski definition) is 6. The number of carbonyl (C=O) groups is 2. The van der Waals surface area contributed by atoms with Crippen LogP contribution in [0.3, 0.4) is 0 Å². The van der Waals surface area contributed by atoms with Crippen molar-refractivity contribution in [2.24, 2.45) is 5.92 Å². The third kappa shape index (κ3) is 5.99. The van der Waals surface area contributed by atoms with E-state index in [-0.39, 0.29) is 30.2 Å². The molecule has 2 amide bonds. The zero-order chi connectivity index (χ0) is 16.0. The summed E-state index contributed by atoms with van der Waals surface area (Å²) in [6.07, 6.45) is 0. The fourth-order valence-electron chi connectivity index (χ4n) is 1.48. The summed E-state index contributed by atoms with van der Waals surface area (Å²) in [6, 6.07) is 0.0368. The molecule has 0 aliphatic rings. The first kappa shape index (κ1) is 17.2. The van der Waals surface area contributed by atoms with E-state index in [4.69, 9.17) is 5.73 Å². The Morgan fingerprint density at radius 3 is 2.52 bits per heavy atom. The molecule has 0 unspecified atom stereocenters. The van der Waals surface area contributed by atoms with Crippen LogP contribution >= 0.6 is 11.3 Å². The standard InChI is InChI=1S/C13H23N5O2S/c1-7(2)5-16-13-18-11(14)10(21-13)12(20)15-6-9(19)17-8(3)4/h7-8H,5-6,14H2,1-4H3,(H,15,20)(H,16,18)(H,17,19). The highest BCUT2D eigenvalue weighted by molar-refractivity contribution is 7.18. The molecule has 5 N–H and O–H groups in total. The van der Waals surface area contributed by atoms with Gasteiger partial charge in [0.2, 0.25) is 5.91 Å². The number of hydrogen-bond donors (Lipinski definition) is 4. The lowest BCUT2D eigenvalue weighted by molar-refractivity contribution is -0.120. The molecular weight excluding hydrogens is 290 g/mol. The number of thiazole rings is 1. The predicted molar refractivity (Wildman–Crippen MR) is 85.5 cm³/mol. The van der Waals surface area contributed by atoms with E-state index in [0.717, 1.165) is 6.54 Å². The van der Waals surface area contributed by atoms with Crippen LogP contribution in [0.15, 0.2) is 0 Å². The van der Waals surface area contributed by atoms with Crippen LogP contribution in [0.1, 0.15) is 37.4 Å². The molecule has 0 saturated carbocycles. The molecular formula is C13H23N5O2S. The molecule has 1 rings (SSSR count). The minimum Gasteiger partial charge on any atom is -0.382 e. The number of anilines is 2. The highest BCUT2D eigenvalue weighted by Crippen LogP contribution is 2.24. The highest BCUT2D eigenvalue weighted by Gasteiger charge is 2.17. The van der Waals surface area contributed by atoms with Gasteiger partial charge < -0.3 is 21.7 Å². The molecule has 1 heterocycles. The van der Waals surface area contributed by atoms with Crippen molar-refractivity contribution in [3.8, 4) is 0 Å². The molecule has 7 nitrogen and oxygen atoms in total. The molecule has 0 fully saturated rings. The van der Waals surface area contributed by atoms with Crippen molar-refractivity contribution >= 4 is 34.1 Å².